The number of ether oxygens (including phenoxy) is 1. The number of halogens is 3. The summed E-state index contributed by atoms with van der Waals surface area (Å²) in [7, 11) is -3.71. The Morgan fingerprint density at radius 3 is 2.21 bits per heavy atom. The average molecular weight is 430 g/mol. The molecule has 2 aromatic carbocycles. The van der Waals surface area contributed by atoms with Crippen molar-refractivity contribution in [2.24, 2.45) is 0 Å². The summed E-state index contributed by atoms with van der Waals surface area (Å²) in [5, 5.41) is 2.66. The third-order valence-corrected chi connectivity index (χ3v) is 5.44. The number of carbonyl (C=O) groups excluding carboxylic acids is 1. The third-order valence-electron chi connectivity index (χ3n) is 3.97. The van der Waals surface area contributed by atoms with Gasteiger partial charge in [-0.05, 0) is 43.7 Å². The Labute approximate surface area is 167 Å². The van der Waals surface area contributed by atoms with Crippen LogP contribution in [-0.4, -0.2) is 27.2 Å². The highest BCUT2D eigenvalue weighted by Gasteiger charge is 2.31. The van der Waals surface area contributed by atoms with Crippen LogP contribution in [0, 0.1) is 6.92 Å². The molecule has 0 heterocycles. The Bertz CT molecular complexity index is 927. The summed E-state index contributed by atoms with van der Waals surface area (Å²) in [5.41, 5.74) is 1.50. The second-order valence-electron chi connectivity index (χ2n) is 6.37. The SMILES string of the molecule is Cc1ccc(S(=O)(=O)NCCC(=O)NC(C)c2ccc(OC(F)(F)F)cc2)cc1. The van der Waals surface area contributed by atoms with Gasteiger partial charge in [0.05, 0.1) is 10.9 Å². The lowest BCUT2D eigenvalue weighted by Gasteiger charge is -2.15. The van der Waals surface area contributed by atoms with Crippen molar-refractivity contribution in [3.63, 3.8) is 0 Å². The van der Waals surface area contributed by atoms with Gasteiger partial charge in [0.15, 0.2) is 0 Å². The van der Waals surface area contributed by atoms with E-state index in [0.29, 0.717) is 5.56 Å². The zero-order valence-electron chi connectivity index (χ0n) is 15.8. The minimum absolute atomic E-state index is 0.0902. The summed E-state index contributed by atoms with van der Waals surface area (Å²) in [6.07, 6.45) is -4.86. The number of aryl methyl sites for hydroxylation is 1. The highest BCUT2D eigenvalue weighted by atomic mass is 32.2. The molecule has 0 aliphatic heterocycles. The monoisotopic (exact) mass is 430 g/mol. The van der Waals surface area contributed by atoms with E-state index in [9.17, 15) is 26.4 Å². The predicted molar refractivity (Wildman–Crippen MR) is 101 cm³/mol. The molecule has 2 N–H and O–H groups in total. The Kier molecular flexibility index (Phi) is 7.26. The van der Waals surface area contributed by atoms with E-state index in [1.54, 1.807) is 19.1 Å². The van der Waals surface area contributed by atoms with E-state index in [-0.39, 0.29) is 23.6 Å². The molecular formula is C19H21F3N2O4S. The minimum atomic E-state index is -4.77. The van der Waals surface area contributed by atoms with Crippen LogP contribution < -0.4 is 14.8 Å². The molecule has 0 spiro atoms. The number of rotatable bonds is 8. The zero-order valence-corrected chi connectivity index (χ0v) is 16.6. The van der Waals surface area contributed by atoms with Crippen LogP contribution in [-0.2, 0) is 14.8 Å². The fraction of sp³-hybridized carbons (Fsp3) is 0.316. The van der Waals surface area contributed by atoms with Crippen LogP contribution in [0.2, 0.25) is 0 Å². The normalized spacial score (nSPS) is 13.0. The van der Waals surface area contributed by atoms with E-state index in [4.69, 9.17) is 0 Å². The van der Waals surface area contributed by atoms with Crippen LogP contribution in [0.4, 0.5) is 13.2 Å². The molecule has 6 nitrogen and oxygen atoms in total. The van der Waals surface area contributed by atoms with Crippen molar-refractivity contribution in [3.05, 3.63) is 59.7 Å². The second kappa shape index (κ2) is 9.27. The van der Waals surface area contributed by atoms with Crippen molar-refractivity contribution < 1.29 is 31.1 Å². The lowest BCUT2D eigenvalue weighted by molar-refractivity contribution is -0.274. The maximum atomic E-state index is 12.2. The molecule has 2 rings (SSSR count). The van der Waals surface area contributed by atoms with Gasteiger partial charge in [0, 0.05) is 13.0 Å². The lowest BCUT2D eigenvalue weighted by Crippen LogP contribution is -2.32. The molecule has 1 amide bonds. The van der Waals surface area contributed by atoms with Crippen LogP contribution >= 0.6 is 0 Å². The quantitative estimate of drug-likeness (QED) is 0.672. The summed E-state index contributed by atoms with van der Waals surface area (Å²) >= 11 is 0. The average Bonchev–Trinajstić information content (AvgIpc) is 2.61. The van der Waals surface area contributed by atoms with Crippen molar-refractivity contribution in [2.75, 3.05) is 6.54 Å². The Morgan fingerprint density at radius 1 is 1.07 bits per heavy atom. The fourth-order valence-corrected chi connectivity index (χ4v) is 3.49. The van der Waals surface area contributed by atoms with Gasteiger partial charge in [0.25, 0.3) is 0 Å². The lowest BCUT2D eigenvalue weighted by atomic mass is 10.1. The highest BCUT2D eigenvalue weighted by Crippen LogP contribution is 2.24. The van der Waals surface area contributed by atoms with E-state index in [0.717, 1.165) is 17.7 Å². The van der Waals surface area contributed by atoms with Gasteiger partial charge in [0.2, 0.25) is 15.9 Å². The standard InChI is InChI=1S/C19H21F3N2O4S/c1-13-3-9-17(10-4-13)29(26,27)23-12-11-18(25)24-14(2)15-5-7-16(8-6-15)28-19(20,21)22/h3-10,14,23H,11-12H2,1-2H3,(H,24,25). The van der Waals surface area contributed by atoms with Crippen molar-refractivity contribution >= 4 is 15.9 Å². The van der Waals surface area contributed by atoms with Gasteiger partial charge in [-0.1, -0.05) is 29.8 Å². The van der Waals surface area contributed by atoms with E-state index >= 15 is 0 Å². The van der Waals surface area contributed by atoms with Crippen LogP contribution in [0.1, 0.15) is 30.5 Å². The van der Waals surface area contributed by atoms with Crippen LogP contribution in [0.3, 0.4) is 0 Å². The van der Waals surface area contributed by atoms with Crippen molar-refractivity contribution in [3.8, 4) is 5.75 Å². The van der Waals surface area contributed by atoms with Gasteiger partial charge in [-0.15, -0.1) is 13.2 Å². The van der Waals surface area contributed by atoms with Gasteiger partial charge in [0.1, 0.15) is 5.75 Å². The molecule has 0 bridgehead atoms. The molecule has 1 unspecified atom stereocenters. The molecule has 1 atom stereocenters. The Balaban J connectivity index is 1.83. The number of nitrogens with one attached hydrogen (secondary N) is 2. The molecule has 0 aliphatic carbocycles. The summed E-state index contributed by atoms with van der Waals surface area (Å²) in [4.78, 5) is 12.1. The fourth-order valence-electron chi connectivity index (χ4n) is 2.45. The van der Waals surface area contributed by atoms with E-state index in [2.05, 4.69) is 14.8 Å². The van der Waals surface area contributed by atoms with Gasteiger partial charge < -0.3 is 10.1 Å². The summed E-state index contributed by atoms with van der Waals surface area (Å²) in [6.45, 7) is 3.41. The Hall–Kier alpha value is -2.59. The Morgan fingerprint density at radius 2 is 1.66 bits per heavy atom. The first-order chi connectivity index (χ1) is 13.5. The molecular weight excluding hydrogens is 409 g/mol. The molecule has 2 aromatic rings. The molecule has 0 saturated carbocycles. The second-order valence-corrected chi connectivity index (χ2v) is 8.13. The first-order valence-corrected chi connectivity index (χ1v) is 10.2. The zero-order chi connectivity index (χ0) is 21.7. The third kappa shape index (κ3) is 7.39. The van der Waals surface area contributed by atoms with Crippen molar-refractivity contribution in [2.45, 2.75) is 37.6 Å². The maximum Gasteiger partial charge on any atom is 0.573 e. The molecule has 158 valence electrons. The minimum Gasteiger partial charge on any atom is -0.406 e. The maximum absolute atomic E-state index is 12.2. The summed E-state index contributed by atoms with van der Waals surface area (Å²) in [5.74, 6) is -0.759. The predicted octanol–water partition coefficient (Wildman–Crippen LogP) is 3.44. The first kappa shape index (κ1) is 22.7. The number of amides is 1. The van der Waals surface area contributed by atoms with Gasteiger partial charge >= 0.3 is 6.36 Å². The molecule has 0 aromatic heterocycles. The van der Waals surface area contributed by atoms with E-state index < -0.39 is 28.3 Å². The van der Waals surface area contributed by atoms with Crippen molar-refractivity contribution in [1.82, 2.24) is 10.0 Å². The molecule has 0 radical (unpaired) electrons. The summed E-state index contributed by atoms with van der Waals surface area (Å²) in [6, 6.07) is 11.0. The van der Waals surface area contributed by atoms with Crippen LogP contribution in [0.25, 0.3) is 0 Å². The first-order valence-electron chi connectivity index (χ1n) is 8.68. The number of benzene rings is 2. The van der Waals surface area contributed by atoms with E-state index in [1.165, 1.54) is 24.3 Å². The van der Waals surface area contributed by atoms with Gasteiger partial charge in [-0.25, -0.2) is 13.1 Å². The highest BCUT2D eigenvalue weighted by molar-refractivity contribution is 7.89. The molecule has 29 heavy (non-hydrogen) atoms. The largest absolute Gasteiger partial charge is 0.573 e. The number of alkyl halides is 3. The topological polar surface area (TPSA) is 84.5 Å². The number of sulfonamides is 1. The van der Waals surface area contributed by atoms with Crippen LogP contribution in [0.15, 0.2) is 53.4 Å². The smallest absolute Gasteiger partial charge is 0.406 e. The molecule has 10 heteroatoms. The van der Waals surface area contributed by atoms with Crippen LogP contribution in [0.5, 0.6) is 5.75 Å². The molecule has 0 fully saturated rings. The number of hydrogen-bond acceptors (Lipinski definition) is 4. The summed E-state index contributed by atoms with van der Waals surface area (Å²) < 4.78 is 67.0. The molecule has 0 aliphatic rings. The van der Waals surface area contributed by atoms with Crippen molar-refractivity contribution in [1.29, 1.82) is 0 Å². The van der Waals surface area contributed by atoms with E-state index in [1.807, 2.05) is 6.92 Å². The van der Waals surface area contributed by atoms with Gasteiger partial charge in [-0.2, -0.15) is 0 Å². The number of carbonyl (C=O) groups is 1. The number of hydrogen-bond donors (Lipinski definition) is 2. The van der Waals surface area contributed by atoms with Gasteiger partial charge in [-0.3, -0.25) is 4.79 Å². The molecule has 0 saturated heterocycles.